The second-order valence-electron chi connectivity index (χ2n) is 8.76. The summed E-state index contributed by atoms with van der Waals surface area (Å²) < 4.78 is 5.18. The van der Waals surface area contributed by atoms with E-state index in [1.54, 1.807) is 0 Å². The van der Waals surface area contributed by atoms with E-state index in [1.165, 1.54) is 5.56 Å². The van der Waals surface area contributed by atoms with E-state index in [1.807, 2.05) is 20.8 Å². The number of hydrogen-bond acceptors (Lipinski definition) is 5. The highest BCUT2D eigenvalue weighted by Gasteiger charge is 2.28. The van der Waals surface area contributed by atoms with Crippen LogP contribution in [0.4, 0.5) is 0 Å². The zero-order chi connectivity index (χ0) is 23.6. The van der Waals surface area contributed by atoms with Crippen molar-refractivity contribution >= 4 is 21.9 Å². The maximum absolute atomic E-state index is 12.6. The second kappa shape index (κ2) is 13.6. The highest BCUT2D eigenvalue weighted by Crippen LogP contribution is 2.29. The van der Waals surface area contributed by atoms with Crippen LogP contribution in [0.5, 0.6) is 5.75 Å². The lowest BCUT2D eigenvalue weighted by Gasteiger charge is -2.29. The largest absolute Gasteiger partial charge is 0.425 e. The molecular weight excluding hydrogens is 454 g/mol. The zero-order valence-electron chi connectivity index (χ0n) is 21.1. The van der Waals surface area contributed by atoms with Crippen LogP contribution < -0.4 is 4.74 Å². The number of carbonyl (C=O) groups is 1. The van der Waals surface area contributed by atoms with E-state index in [9.17, 15) is 4.79 Å². The highest BCUT2D eigenvalue weighted by atomic mass is 79.9. The minimum atomic E-state index is -0.715. The lowest BCUT2D eigenvalue weighted by Crippen LogP contribution is -2.39. The number of ether oxygens (including phenoxy) is 1. The van der Waals surface area contributed by atoms with Gasteiger partial charge >= 0.3 is 5.97 Å². The number of hydrogen-bond donors (Lipinski definition) is 0. The van der Waals surface area contributed by atoms with E-state index in [-0.39, 0.29) is 5.97 Å². The van der Waals surface area contributed by atoms with Crippen molar-refractivity contribution in [3.63, 3.8) is 0 Å². The Morgan fingerprint density at radius 2 is 1.32 bits per heavy atom. The molecule has 0 unspecified atom stereocenters. The van der Waals surface area contributed by atoms with Crippen LogP contribution in [0.3, 0.4) is 0 Å². The third-order valence-electron chi connectivity index (χ3n) is 5.82. The molecule has 0 aliphatic carbocycles. The maximum Gasteiger partial charge on any atom is 0.327 e. The number of benzene rings is 1. The third-order valence-corrected chi connectivity index (χ3v) is 6.15. The van der Waals surface area contributed by atoms with Crippen molar-refractivity contribution in [2.24, 2.45) is 0 Å². The van der Waals surface area contributed by atoms with Crippen LogP contribution in [0.1, 0.15) is 58.2 Å². The van der Waals surface area contributed by atoms with Gasteiger partial charge in [-0.15, -0.1) is 0 Å². The number of nitrogens with zero attached hydrogens (tertiary/aromatic N) is 3. The molecule has 0 fully saturated rings. The fourth-order valence-electron chi connectivity index (χ4n) is 3.68. The summed E-state index contributed by atoms with van der Waals surface area (Å²) in [5.41, 5.74) is 3.28. The Hall–Kier alpha value is -0.950. The molecule has 0 aliphatic heterocycles. The number of carbonyl (C=O) groups excluding carboxylic acids is 1. The number of alkyl halides is 1. The molecule has 178 valence electrons. The van der Waals surface area contributed by atoms with Crippen LogP contribution in [0.25, 0.3) is 0 Å². The van der Waals surface area contributed by atoms with Gasteiger partial charge in [-0.3, -0.25) is 9.69 Å². The van der Waals surface area contributed by atoms with Gasteiger partial charge in [-0.05, 0) is 59.4 Å². The SMILES string of the molecule is CCN(CC)CCN(CCN(CC)CC)Cc1cc(C)cc(C)c1OC(=O)C(C)(C)Br. The molecule has 0 atom stereocenters. The molecule has 5 nitrogen and oxygen atoms in total. The molecule has 0 N–H and O–H groups in total. The van der Waals surface area contributed by atoms with Gasteiger partial charge in [-0.1, -0.05) is 61.3 Å². The average molecular weight is 499 g/mol. The van der Waals surface area contributed by atoms with Gasteiger partial charge in [0.15, 0.2) is 0 Å². The molecule has 0 amide bonds. The van der Waals surface area contributed by atoms with Gasteiger partial charge in [0.25, 0.3) is 0 Å². The van der Waals surface area contributed by atoms with E-state index >= 15 is 0 Å². The Labute approximate surface area is 199 Å². The summed E-state index contributed by atoms with van der Waals surface area (Å²) in [5, 5.41) is 0. The number of halogens is 1. The fourth-order valence-corrected chi connectivity index (χ4v) is 3.76. The second-order valence-corrected chi connectivity index (χ2v) is 10.7. The summed E-state index contributed by atoms with van der Waals surface area (Å²) in [5.74, 6) is 0.442. The Morgan fingerprint density at radius 1 is 0.871 bits per heavy atom. The molecule has 0 aliphatic rings. The van der Waals surface area contributed by atoms with E-state index < -0.39 is 4.32 Å². The van der Waals surface area contributed by atoms with E-state index in [0.29, 0.717) is 5.75 Å². The molecule has 0 heterocycles. The van der Waals surface area contributed by atoms with Gasteiger partial charge < -0.3 is 14.5 Å². The van der Waals surface area contributed by atoms with Gasteiger partial charge in [-0.25, -0.2) is 0 Å². The summed E-state index contributed by atoms with van der Waals surface area (Å²) in [7, 11) is 0. The summed E-state index contributed by atoms with van der Waals surface area (Å²) in [6.45, 7) is 25.7. The molecule has 0 aromatic heterocycles. The molecule has 6 heteroatoms. The van der Waals surface area contributed by atoms with Crippen LogP contribution in [0, 0.1) is 13.8 Å². The first kappa shape index (κ1) is 28.1. The first-order valence-electron chi connectivity index (χ1n) is 11.7. The summed E-state index contributed by atoms with van der Waals surface area (Å²) in [6, 6.07) is 4.25. The monoisotopic (exact) mass is 497 g/mol. The Kier molecular flexibility index (Phi) is 12.3. The van der Waals surface area contributed by atoms with Gasteiger partial charge in [0.05, 0.1) is 0 Å². The van der Waals surface area contributed by atoms with Crippen LogP contribution in [-0.2, 0) is 11.3 Å². The molecule has 0 spiro atoms. The fraction of sp³-hybridized carbons (Fsp3) is 0.720. The number of rotatable bonds is 14. The van der Waals surface area contributed by atoms with Crippen LogP contribution in [0.2, 0.25) is 0 Å². The van der Waals surface area contributed by atoms with E-state index in [2.05, 4.69) is 77.4 Å². The Balaban J connectivity index is 3.12. The topological polar surface area (TPSA) is 36.0 Å². The maximum atomic E-state index is 12.6. The standard InChI is InChI=1S/C25H44BrN3O2/c1-9-27(10-2)13-15-29(16-14-28(11-3)12-4)19-22-18-20(5)17-21(6)23(22)31-24(30)25(7,8)26/h17-18H,9-16,19H2,1-8H3. The van der Waals surface area contributed by atoms with Crippen LogP contribution in [-0.4, -0.2) is 77.4 Å². The van der Waals surface area contributed by atoms with Gasteiger partial charge in [-0.2, -0.15) is 0 Å². The van der Waals surface area contributed by atoms with E-state index in [4.69, 9.17) is 4.74 Å². The van der Waals surface area contributed by atoms with Crippen LogP contribution >= 0.6 is 15.9 Å². The van der Waals surface area contributed by atoms with Gasteiger partial charge in [0, 0.05) is 38.3 Å². The number of likely N-dealkylation sites (N-methyl/N-ethyl adjacent to an activating group) is 2. The molecule has 0 saturated heterocycles. The Bertz CT molecular complexity index is 664. The molecule has 1 aromatic rings. The summed E-state index contributed by atoms with van der Waals surface area (Å²) in [4.78, 5) is 20.0. The lowest BCUT2D eigenvalue weighted by atomic mass is 10.0. The predicted molar refractivity (Wildman–Crippen MR) is 135 cm³/mol. The van der Waals surface area contributed by atoms with Crippen molar-refractivity contribution < 1.29 is 9.53 Å². The minimum Gasteiger partial charge on any atom is -0.425 e. The van der Waals surface area contributed by atoms with E-state index in [0.717, 1.165) is 70.0 Å². The molecule has 0 bridgehead atoms. The van der Waals surface area contributed by atoms with Crippen molar-refractivity contribution in [3.8, 4) is 5.75 Å². The van der Waals surface area contributed by atoms with Crippen molar-refractivity contribution in [2.45, 2.75) is 66.3 Å². The quantitative estimate of drug-likeness (QED) is 0.208. The highest BCUT2D eigenvalue weighted by molar-refractivity contribution is 9.10. The van der Waals surface area contributed by atoms with Gasteiger partial charge in [0.2, 0.25) is 0 Å². The van der Waals surface area contributed by atoms with Gasteiger partial charge in [0.1, 0.15) is 10.1 Å². The van der Waals surface area contributed by atoms with Crippen molar-refractivity contribution in [2.75, 3.05) is 52.4 Å². The Morgan fingerprint density at radius 3 is 1.74 bits per heavy atom. The normalized spacial score (nSPS) is 12.3. The first-order valence-corrected chi connectivity index (χ1v) is 12.5. The average Bonchev–Trinajstić information content (AvgIpc) is 2.70. The predicted octanol–water partition coefficient (Wildman–Crippen LogP) is 4.87. The third kappa shape index (κ3) is 9.60. The summed E-state index contributed by atoms with van der Waals surface area (Å²) in [6.07, 6.45) is 0. The molecule has 1 rings (SSSR count). The zero-order valence-corrected chi connectivity index (χ0v) is 22.6. The first-order chi connectivity index (χ1) is 14.5. The number of esters is 1. The van der Waals surface area contributed by atoms with Crippen molar-refractivity contribution in [1.29, 1.82) is 0 Å². The number of aryl methyl sites for hydroxylation is 2. The molecular formula is C25H44BrN3O2. The lowest BCUT2D eigenvalue weighted by molar-refractivity contribution is -0.136. The van der Waals surface area contributed by atoms with Crippen molar-refractivity contribution in [3.05, 3.63) is 28.8 Å². The van der Waals surface area contributed by atoms with Crippen LogP contribution in [0.15, 0.2) is 12.1 Å². The molecule has 0 saturated carbocycles. The minimum absolute atomic E-state index is 0.265. The molecule has 0 radical (unpaired) electrons. The van der Waals surface area contributed by atoms with Crippen molar-refractivity contribution in [1.82, 2.24) is 14.7 Å². The smallest absolute Gasteiger partial charge is 0.327 e. The molecule has 31 heavy (non-hydrogen) atoms. The summed E-state index contributed by atoms with van der Waals surface area (Å²) >= 11 is 3.43. The molecule has 1 aromatic carbocycles.